The van der Waals surface area contributed by atoms with Gasteiger partial charge in [-0.3, -0.25) is 0 Å². The monoisotopic (exact) mass is 264 g/mol. The summed E-state index contributed by atoms with van der Waals surface area (Å²) in [5.74, 6) is 0. The Morgan fingerprint density at radius 3 is 1.55 bits per heavy atom. The zero-order valence-electron chi connectivity index (χ0n) is 8.28. The van der Waals surface area contributed by atoms with E-state index in [1.54, 1.807) is 0 Å². The third-order valence-electron chi connectivity index (χ3n) is 1.07. The number of rotatable bonds is 2. The van der Waals surface area contributed by atoms with Gasteiger partial charge in [0, 0.05) is 41.5 Å². The van der Waals surface area contributed by atoms with Crippen LogP contribution in [0, 0.1) is 0 Å². The van der Waals surface area contributed by atoms with Crippen molar-refractivity contribution < 1.29 is 0 Å². The summed E-state index contributed by atoms with van der Waals surface area (Å²) in [5, 5.41) is 3.34. The first-order valence-corrected chi connectivity index (χ1v) is 3.75. The summed E-state index contributed by atoms with van der Waals surface area (Å²) in [6.45, 7) is 11.3. The average molecular weight is 263 g/mol. The van der Waals surface area contributed by atoms with Crippen LogP contribution in [0.3, 0.4) is 0 Å². The molecule has 0 bridgehead atoms. The van der Waals surface area contributed by atoms with E-state index in [2.05, 4.69) is 26.1 Å². The maximum Gasteiger partial charge on any atom is 0.0223 e. The van der Waals surface area contributed by atoms with Gasteiger partial charge in [0.15, 0.2) is 0 Å². The second-order valence-corrected chi connectivity index (χ2v) is 4.59. The maximum absolute atomic E-state index is 5.78. The fourth-order valence-corrected chi connectivity index (χ4v) is 0.493. The van der Waals surface area contributed by atoms with Gasteiger partial charge >= 0.3 is 0 Å². The molecule has 2 nitrogen and oxygen atoms in total. The molecular weight excluding hydrogens is 243 g/mol. The van der Waals surface area contributed by atoms with Gasteiger partial charge in [0.05, 0.1) is 0 Å². The zero-order chi connectivity index (χ0) is 8.41. The summed E-state index contributed by atoms with van der Waals surface area (Å²) in [5.41, 5.74) is 5.85. The van der Waals surface area contributed by atoms with Gasteiger partial charge in [-0.2, -0.15) is 0 Å². The van der Waals surface area contributed by atoms with Crippen LogP contribution in [0.5, 0.6) is 0 Å². The molecule has 0 heterocycles. The smallest absolute Gasteiger partial charge is 0.0223 e. The minimum absolute atomic E-state index is 0. The van der Waals surface area contributed by atoms with Crippen molar-refractivity contribution in [1.82, 2.24) is 5.32 Å². The van der Waals surface area contributed by atoms with Crippen molar-refractivity contribution in [3.63, 3.8) is 0 Å². The summed E-state index contributed by atoms with van der Waals surface area (Å²) >= 11 is 0. The first-order valence-electron chi connectivity index (χ1n) is 3.75. The summed E-state index contributed by atoms with van der Waals surface area (Å²) in [4.78, 5) is 0. The molecule has 0 unspecified atom stereocenters. The minimum atomic E-state index is -0.104. The van der Waals surface area contributed by atoms with Crippen molar-refractivity contribution in [2.75, 3.05) is 6.54 Å². The second-order valence-electron chi connectivity index (χ2n) is 4.59. The van der Waals surface area contributed by atoms with Crippen LogP contribution in [0.1, 0.15) is 34.6 Å². The first-order chi connectivity index (χ1) is 4.21. The quantitative estimate of drug-likeness (QED) is 0.721. The molecule has 0 aliphatic carbocycles. The second kappa shape index (κ2) is 4.67. The van der Waals surface area contributed by atoms with Crippen molar-refractivity contribution >= 4 is 23.9 Å². The number of nitrogens with two attached hydrogens (primary N) is 1. The molecule has 0 aromatic heterocycles. The third-order valence-corrected chi connectivity index (χ3v) is 1.07. The third kappa shape index (κ3) is 13.7. The molecule has 11 heavy (non-hydrogen) atoms. The summed E-state index contributed by atoms with van der Waals surface area (Å²) in [7, 11) is 0. The maximum atomic E-state index is 5.78. The molecule has 0 saturated carbocycles. The molecule has 0 atom stereocenters. The Kier molecular flexibility index (Phi) is 6.06. The van der Waals surface area contributed by atoms with E-state index in [9.17, 15) is 0 Å². The molecule has 0 aliphatic rings. The van der Waals surface area contributed by atoms with Crippen LogP contribution in [0.2, 0.25) is 0 Å². The molecule has 0 saturated heterocycles. The zero-order valence-corrected chi connectivity index (χ0v) is 11.1. The molecule has 0 aromatic rings. The normalized spacial score (nSPS) is 12.5. The average Bonchev–Trinajstić information content (AvgIpc) is 1.57. The van der Waals surface area contributed by atoms with E-state index < -0.39 is 0 Å². The predicted octanol–water partition coefficient (Wildman–Crippen LogP) is 0.731. The largest absolute Gasteiger partial charge is 0.324 e. The molecule has 0 rings (SSSR count). The van der Waals surface area contributed by atoms with Gasteiger partial charge in [-0.1, -0.05) is 0 Å². The summed E-state index contributed by atoms with van der Waals surface area (Å²) < 4.78 is 0. The van der Waals surface area contributed by atoms with Crippen molar-refractivity contribution in [2.24, 2.45) is 5.73 Å². The molecule has 3 heteroatoms. The van der Waals surface area contributed by atoms with E-state index in [0.29, 0.717) is 0 Å². The topological polar surface area (TPSA) is 38.0 Å². The number of nitrogens with one attached hydrogen (secondary N) is 1. The van der Waals surface area contributed by atoms with E-state index in [-0.39, 0.29) is 35.0 Å². The Morgan fingerprint density at radius 2 is 1.45 bits per heavy atom. The van der Waals surface area contributed by atoms with Crippen molar-refractivity contribution in [3.05, 3.63) is 0 Å². The number of hydrogen-bond donors (Lipinski definition) is 2. The van der Waals surface area contributed by atoms with E-state index in [1.165, 1.54) is 0 Å². The Morgan fingerprint density at radius 1 is 1.09 bits per heavy atom. The molecule has 0 fully saturated rings. The van der Waals surface area contributed by atoms with Gasteiger partial charge in [0.1, 0.15) is 0 Å². The van der Waals surface area contributed by atoms with Crippen molar-refractivity contribution in [2.45, 2.75) is 45.7 Å². The Balaban J connectivity index is 0. The van der Waals surface area contributed by atoms with Crippen LogP contribution < -0.4 is 11.1 Å². The van der Waals surface area contributed by atoms with Gasteiger partial charge < -0.3 is 11.1 Å². The molecule has 0 amide bonds. The Bertz CT molecular complexity index is 85.6. The van der Waals surface area contributed by atoms with Gasteiger partial charge in [-0.25, -0.2) is 0 Å². The molecule has 0 aliphatic heterocycles. The van der Waals surface area contributed by atoms with Crippen molar-refractivity contribution in [1.29, 1.82) is 0 Å². The van der Waals surface area contributed by atoms with Crippen LogP contribution in [0.4, 0.5) is 0 Å². The molecule has 0 spiro atoms. The van der Waals surface area contributed by atoms with Gasteiger partial charge in [0.25, 0.3) is 0 Å². The first kappa shape index (κ1) is 14.3. The minimum Gasteiger partial charge on any atom is -0.324 e. The fraction of sp³-hybridized carbons (Fsp3) is 1.00. The van der Waals surface area contributed by atoms with Gasteiger partial charge in [-0.15, -0.1) is 0 Å². The van der Waals surface area contributed by atoms with Crippen LogP contribution in [-0.4, -0.2) is 41.5 Å². The number of hydrogen-bond acceptors (Lipinski definition) is 2. The van der Waals surface area contributed by atoms with Crippen LogP contribution in [0.25, 0.3) is 0 Å². The van der Waals surface area contributed by atoms with Crippen molar-refractivity contribution in [3.8, 4) is 0 Å². The Hall–Kier alpha value is 0.719. The molecule has 3 N–H and O–H groups in total. The van der Waals surface area contributed by atoms with Gasteiger partial charge in [0.2, 0.25) is 0 Å². The van der Waals surface area contributed by atoms with E-state index >= 15 is 0 Å². The van der Waals surface area contributed by atoms with Crippen LogP contribution in [0.15, 0.2) is 0 Å². The molecule has 0 aromatic carbocycles. The standard InChI is InChI=1S/C8H20N2.Sn/c1-7(2,3)10-6-8(4,5)9;/h10H,6,9H2,1-5H3;. The van der Waals surface area contributed by atoms with E-state index in [4.69, 9.17) is 5.73 Å². The molecule has 4 radical (unpaired) electrons. The predicted molar refractivity (Wildman–Crippen MR) is 51.8 cm³/mol. The van der Waals surface area contributed by atoms with Crippen LogP contribution >= 0.6 is 0 Å². The molecular formula is C8H20N2Sn. The molecule has 66 valence electrons. The fourth-order valence-electron chi connectivity index (χ4n) is 0.493. The van der Waals surface area contributed by atoms with E-state index in [0.717, 1.165) is 6.54 Å². The summed E-state index contributed by atoms with van der Waals surface area (Å²) in [6.07, 6.45) is 0. The van der Waals surface area contributed by atoms with Gasteiger partial charge in [-0.05, 0) is 34.6 Å². The van der Waals surface area contributed by atoms with E-state index in [1.807, 2.05) is 13.8 Å². The Labute approximate surface area is 87.3 Å². The van der Waals surface area contributed by atoms with Crippen LogP contribution in [-0.2, 0) is 0 Å². The SMILES string of the molecule is CC(C)(N)CNC(C)(C)C.[Sn]. The summed E-state index contributed by atoms with van der Waals surface area (Å²) in [6, 6.07) is 0.